The van der Waals surface area contributed by atoms with Crippen LogP contribution in [0.1, 0.15) is 13.8 Å². The van der Waals surface area contributed by atoms with Gasteiger partial charge in [-0.3, -0.25) is 0 Å². The van der Waals surface area contributed by atoms with Crippen molar-refractivity contribution in [2.24, 2.45) is 5.41 Å². The molecule has 0 heterocycles. The van der Waals surface area contributed by atoms with Crippen molar-refractivity contribution in [2.45, 2.75) is 13.8 Å². The highest BCUT2D eigenvalue weighted by atomic mass is 16.4. The number of aldehydes is 1. The zero-order valence-corrected chi connectivity index (χ0v) is 6.37. The summed E-state index contributed by atoms with van der Waals surface area (Å²) in [5, 5.41) is 16.9. The summed E-state index contributed by atoms with van der Waals surface area (Å²) in [7, 11) is 0. The molecule has 2 N–H and O–H groups in total. The Hall–Kier alpha value is -1.32. The van der Waals surface area contributed by atoms with Gasteiger partial charge in [-0.2, -0.15) is 0 Å². The Balaban J connectivity index is 4.54. The molecule has 0 aromatic heterocycles. The number of hydrogen-bond donors (Lipinski definition) is 2. The van der Waals surface area contributed by atoms with E-state index in [4.69, 9.17) is 10.2 Å². The fraction of sp³-hybridized carbons (Fsp3) is 0.429. The predicted octanol–water partition coefficient (Wildman–Crippen LogP) is 0.738. The van der Waals surface area contributed by atoms with Crippen molar-refractivity contribution >= 4 is 12.3 Å². The molecule has 62 valence electrons. The van der Waals surface area contributed by atoms with Gasteiger partial charge in [-0.25, -0.2) is 4.79 Å². The third-order valence-electron chi connectivity index (χ3n) is 1.03. The van der Waals surface area contributed by atoms with E-state index in [2.05, 4.69) is 0 Å². The predicted molar refractivity (Wildman–Crippen MR) is 38.2 cm³/mol. The van der Waals surface area contributed by atoms with Gasteiger partial charge < -0.3 is 15.0 Å². The fourth-order valence-corrected chi connectivity index (χ4v) is 0.448. The van der Waals surface area contributed by atoms with Crippen LogP contribution in [0.5, 0.6) is 0 Å². The van der Waals surface area contributed by atoms with Gasteiger partial charge in [-0.15, -0.1) is 0 Å². The molecule has 0 saturated carbocycles. The summed E-state index contributed by atoms with van der Waals surface area (Å²) in [5.41, 5.74) is -0.928. The molecule has 4 nitrogen and oxygen atoms in total. The van der Waals surface area contributed by atoms with E-state index < -0.39 is 17.1 Å². The molecule has 11 heavy (non-hydrogen) atoms. The number of rotatable bonds is 3. The molecule has 0 amide bonds. The lowest BCUT2D eigenvalue weighted by Crippen LogP contribution is -2.12. The van der Waals surface area contributed by atoms with Crippen LogP contribution in [-0.2, 0) is 9.59 Å². The molecular formula is C7H10O4. The fourth-order valence-electron chi connectivity index (χ4n) is 0.448. The number of aliphatic hydroxyl groups excluding tert-OH is 1. The van der Waals surface area contributed by atoms with Crippen LogP contribution >= 0.6 is 0 Å². The Kier molecular flexibility index (Phi) is 2.80. The maximum atomic E-state index is 10.2. The topological polar surface area (TPSA) is 74.6 Å². The third kappa shape index (κ3) is 3.40. The van der Waals surface area contributed by atoms with Gasteiger partial charge in [0.15, 0.2) is 5.76 Å². The van der Waals surface area contributed by atoms with E-state index >= 15 is 0 Å². The lowest BCUT2D eigenvalue weighted by Gasteiger charge is -2.09. The van der Waals surface area contributed by atoms with Gasteiger partial charge in [-0.05, 0) is 19.9 Å². The Morgan fingerprint density at radius 3 is 2.09 bits per heavy atom. The zero-order valence-electron chi connectivity index (χ0n) is 6.37. The monoisotopic (exact) mass is 158 g/mol. The Morgan fingerprint density at radius 2 is 1.82 bits per heavy atom. The van der Waals surface area contributed by atoms with Crippen LogP contribution in [0.15, 0.2) is 11.8 Å². The number of aliphatic hydroxyl groups is 1. The van der Waals surface area contributed by atoms with Crippen molar-refractivity contribution in [2.75, 3.05) is 0 Å². The Bertz CT molecular complexity index is 202. The molecule has 0 aliphatic heterocycles. The summed E-state index contributed by atoms with van der Waals surface area (Å²) in [6.07, 6.45) is 1.55. The standard InChI is InChI=1S/C7H10O4/c1-7(2,4-8)3-5(9)6(10)11/h3-4,9H,1-2H3,(H,10,11). The Morgan fingerprint density at radius 1 is 1.36 bits per heavy atom. The van der Waals surface area contributed by atoms with Gasteiger partial charge >= 0.3 is 5.97 Å². The first-order valence-corrected chi connectivity index (χ1v) is 3.00. The van der Waals surface area contributed by atoms with E-state index in [1.54, 1.807) is 0 Å². The number of hydrogen-bond acceptors (Lipinski definition) is 3. The number of aliphatic carboxylic acids is 1. The molecular weight excluding hydrogens is 148 g/mol. The number of carboxylic acid groups (broad SMARTS) is 1. The van der Waals surface area contributed by atoms with Gasteiger partial charge in [0, 0.05) is 5.41 Å². The molecule has 0 spiro atoms. The first kappa shape index (κ1) is 9.68. The molecule has 0 rings (SSSR count). The van der Waals surface area contributed by atoms with Gasteiger partial charge in [0.25, 0.3) is 0 Å². The summed E-state index contributed by atoms with van der Waals surface area (Å²) < 4.78 is 0. The molecule has 0 aromatic carbocycles. The minimum absolute atomic E-state index is 0.562. The average molecular weight is 158 g/mol. The summed E-state index contributed by atoms with van der Waals surface area (Å²) >= 11 is 0. The first-order valence-electron chi connectivity index (χ1n) is 3.00. The first-order chi connectivity index (χ1) is 4.89. The molecule has 0 aliphatic carbocycles. The second-order valence-corrected chi connectivity index (χ2v) is 2.77. The zero-order chi connectivity index (χ0) is 9.07. The van der Waals surface area contributed by atoms with E-state index in [-0.39, 0.29) is 0 Å². The number of carboxylic acids is 1. The van der Waals surface area contributed by atoms with Gasteiger partial charge in [0.1, 0.15) is 6.29 Å². The van der Waals surface area contributed by atoms with E-state index in [9.17, 15) is 9.59 Å². The summed E-state index contributed by atoms with van der Waals surface area (Å²) in [6, 6.07) is 0. The highest BCUT2D eigenvalue weighted by molar-refractivity contribution is 5.84. The summed E-state index contributed by atoms with van der Waals surface area (Å²) in [6.45, 7) is 3.00. The molecule has 0 saturated heterocycles. The maximum absolute atomic E-state index is 10.2. The molecule has 0 aromatic rings. The number of carbonyl (C=O) groups is 2. The molecule has 0 bridgehead atoms. The highest BCUT2D eigenvalue weighted by Gasteiger charge is 2.16. The quantitative estimate of drug-likeness (QED) is 0.361. The summed E-state index contributed by atoms with van der Waals surface area (Å²) in [4.78, 5) is 20.3. The normalized spacial score (nSPS) is 12.7. The van der Waals surface area contributed by atoms with Crippen molar-refractivity contribution < 1.29 is 19.8 Å². The van der Waals surface area contributed by atoms with Crippen LogP contribution in [-0.4, -0.2) is 22.5 Å². The lowest BCUT2D eigenvalue weighted by atomic mass is 9.95. The van der Waals surface area contributed by atoms with Crippen LogP contribution in [0.2, 0.25) is 0 Å². The molecule has 0 aliphatic rings. The van der Waals surface area contributed by atoms with Crippen LogP contribution in [0, 0.1) is 5.41 Å². The van der Waals surface area contributed by atoms with Gasteiger partial charge in [0.2, 0.25) is 0 Å². The SMILES string of the molecule is CC(C)(C=O)C=C(O)C(=O)O. The van der Waals surface area contributed by atoms with Crippen LogP contribution in [0.3, 0.4) is 0 Å². The maximum Gasteiger partial charge on any atom is 0.370 e. The van der Waals surface area contributed by atoms with Crippen LogP contribution in [0.4, 0.5) is 0 Å². The second-order valence-electron chi connectivity index (χ2n) is 2.77. The molecule has 4 heteroatoms. The largest absolute Gasteiger partial charge is 0.502 e. The van der Waals surface area contributed by atoms with E-state index in [0.29, 0.717) is 6.29 Å². The van der Waals surface area contributed by atoms with Crippen molar-refractivity contribution in [1.29, 1.82) is 0 Å². The third-order valence-corrected chi connectivity index (χ3v) is 1.03. The minimum Gasteiger partial charge on any atom is -0.502 e. The molecule has 0 unspecified atom stereocenters. The minimum atomic E-state index is -1.43. The van der Waals surface area contributed by atoms with Crippen LogP contribution < -0.4 is 0 Å². The molecule has 0 radical (unpaired) electrons. The van der Waals surface area contributed by atoms with Gasteiger partial charge in [0.05, 0.1) is 0 Å². The number of allylic oxidation sites excluding steroid dienone is 1. The van der Waals surface area contributed by atoms with Crippen molar-refractivity contribution in [3.63, 3.8) is 0 Å². The molecule has 0 fully saturated rings. The van der Waals surface area contributed by atoms with E-state index in [0.717, 1.165) is 6.08 Å². The molecule has 0 atom stereocenters. The number of carbonyl (C=O) groups excluding carboxylic acids is 1. The Labute approximate surface area is 64.2 Å². The van der Waals surface area contributed by atoms with Crippen molar-refractivity contribution in [3.05, 3.63) is 11.8 Å². The van der Waals surface area contributed by atoms with Crippen LogP contribution in [0.25, 0.3) is 0 Å². The van der Waals surface area contributed by atoms with E-state index in [1.165, 1.54) is 13.8 Å². The summed E-state index contributed by atoms with van der Waals surface area (Å²) in [5.74, 6) is -2.23. The van der Waals surface area contributed by atoms with E-state index in [1.807, 2.05) is 0 Å². The highest BCUT2D eigenvalue weighted by Crippen LogP contribution is 2.14. The van der Waals surface area contributed by atoms with Crippen molar-refractivity contribution in [1.82, 2.24) is 0 Å². The van der Waals surface area contributed by atoms with Crippen molar-refractivity contribution in [3.8, 4) is 0 Å². The smallest absolute Gasteiger partial charge is 0.370 e. The average Bonchev–Trinajstić information content (AvgIpc) is 1.87. The lowest BCUT2D eigenvalue weighted by molar-refractivity contribution is -0.135. The van der Waals surface area contributed by atoms with Gasteiger partial charge in [-0.1, -0.05) is 0 Å². The second kappa shape index (κ2) is 3.18.